The number of methoxy groups -OCH3 is 1. The van der Waals surface area contributed by atoms with Gasteiger partial charge >= 0.3 is 6.03 Å². The van der Waals surface area contributed by atoms with Crippen LogP contribution in [0.25, 0.3) is 0 Å². The summed E-state index contributed by atoms with van der Waals surface area (Å²) >= 11 is 0. The number of rotatable bonds is 6. The molecule has 2 amide bonds. The molecule has 0 saturated carbocycles. The Morgan fingerprint density at radius 1 is 1.04 bits per heavy atom. The van der Waals surface area contributed by atoms with Crippen LogP contribution in [0.2, 0.25) is 0 Å². The molecule has 0 saturated heterocycles. The highest BCUT2D eigenvalue weighted by Crippen LogP contribution is 2.25. The number of aryl methyl sites for hydroxylation is 3. The van der Waals surface area contributed by atoms with Crippen LogP contribution in [0.1, 0.15) is 27.9 Å². The quantitative estimate of drug-likeness (QED) is 0.649. The van der Waals surface area contributed by atoms with Crippen molar-refractivity contribution in [1.29, 1.82) is 0 Å². The van der Waals surface area contributed by atoms with Gasteiger partial charge in [0, 0.05) is 18.4 Å². The van der Waals surface area contributed by atoms with E-state index in [9.17, 15) is 4.79 Å². The van der Waals surface area contributed by atoms with Crippen molar-refractivity contribution in [1.82, 2.24) is 9.88 Å². The average molecular weight is 377 g/mol. The minimum Gasteiger partial charge on any atom is -0.495 e. The second kappa shape index (κ2) is 8.65. The number of nitrogens with zero attached hydrogens (tertiary/aromatic N) is 1. The fourth-order valence-electron chi connectivity index (χ4n) is 3.18. The summed E-state index contributed by atoms with van der Waals surface area (Å²) in [7, 11) is 1.59. The van der Waals surface area contributed by atoms with E-state index in [-0.39, 0.29) is 6.03 Å². The predicted octanol–water partition coefficient (Wildman–Crippen LogP) is 4.79. The third-order valence-electron chi connectivity index (χ3n) is 4.80. The zero-order chi connectivity index (χ0) is 20.1. The van der Waals surface area contributed by atoms with Crippen molar-refractivity contribution in [2.75, 3.05) is 12.4 Å². The van der Waals surface area contributed by atoms with E-state index < -0.39 is 0 Å². The molecule has 0 aliphatic rings. The van der Waals surface area contributed by atoms with E-state index in [1.54, 1.807) is 7.11 Å². The Morgan fingerprint density at radius 3 is 2.57 bits per heavy atom. The van der Waals surface area contributed by atoms with Gasteiger partial charge in [-0.25, -0.2) is 4.79 Å². The fourth-order valence-corrected chi connectivity index (χ4v) is 3.18. The summed E-state index contributed by atoms with van der Waals surface area (Å²) in [6.07, 6.45) is 2.04. The number of benzene rings is 2. The van der Waals surface area contributed by atoms with Crippen LogP contribution in [-0.2, 0) is 13.1 Å². The van der Waals surface area contributed by atoms with Crippen LogP contribution in [0, 0.1) is 20.8 Å². The summed E-state index contributed by atoms with van der Waals surface area (Å²) in [4.78, 5) is 12.4. The number of hydrogen-bond donors (Lipinski definition) is 2. The van der Waals surface area contributed by atoms with Gasteiger partial charge in [0.25, 0.3) is 0 Å². The van der Waals surface area contributed by atoms with Crippen LogP contribution in [0.5, 0.6) is 5.75 Å². The number of hydrogen-bond acceptors (Lipinski definition) is 2. The zero-order valence-electron chi connectivity index (χ0n) is 16.9. The van der Waals surface area contributed by atoms with Gasteiger partial charge in [0.2, 0.25) is 0 Å². The molecule has 2 aromatic carbocycles. The summed E-state index contributed by atoms with van der Waals surface area (Å²) in [6, 6.07) is 15.9. The van der Waals surface area contributed by atoms with E-state index in [1.165, 1.54) is 16.7 Å². The van der Waals surface area contributed by atoms with Crippen molar-refractivity contribution >= 4 is 11.7 Å². The zero-order valence-corrected chi connectivity index (χ0v) is 16.9. The van der Waals surface area contributed by atoms with Crippen LogP contribution in [0.15, 0.2) is 54.7 Å². The van der Waals surface area contributed by atoms with Crippen LogP contribution in [0.3, 0.4) is 0 Å². The molecule has 0 radical (unpaired) electrons. The van der Waals surface area contributed by atoms with Crippen molar-refractivity contribution in [3.63, 3.8) is 0 Å². The molecule has 0 spiro atoms. The maximum absolute atomic E-state index is 12.4. The number of anilines is 1. The Bertz CT molecular complexity index is 976. The van der Waals surface area contributed by atoms with Crippen LogP contribution in [-0.4, -0.2) is 17.7 Å². The summed E-state index contributed by atoms with van der Waals surface area (Å²) < 4.78 is 7.47. The second-order valence-electron chi connectivity index (χ2n) is 7.07. The number of urea groups is 1. The van der Waals surface area contributed by atoms with Crippen molar-refractivity contribution in [3.8, 4) is 5.75 Å². The number of carbonyl (C=O) groups is 1. The van der Waals surface area contributed by atoms with Crippen molar-refractivity contribution in [3.05, 3.63) is 82.7 Å². The first-order valence-corrected chi connectivity index (χ1v) is 9.36. The second-order valence-corrected chi connectivity index (χ2v) is 7.07. The summed E-state index contributed by atoms with van der Waals surface area (Å²) in [5.41, 5.74) is 6.56. The van der Waals surface area contributed by atoms with Crippen molar-refractivity contribution in [2.45, 2.75) is 33.9 Å². The molecule has 0 aliphatic heterocycles. The Morgan fingerprint density at radius 2 is 1.79 bits per heavy atom. The van der Waals surface area contributed by atoms with E-state index in [4.69, 9.17) is 4.74 Å². The molecule has 0 aliphatic carbocycles. The van der Waals surface area contributed by atoms with E-state index >= 15 is 0 Å². The first-order chi connectivity index (χ1) is 13.5. The molecule has 0 fully saturated rings. The standard InChI is InChI=1S/C23H27N3O2/c1-16-7-9-18(3)19(12-16)15-26-11-5-6-20(26)14-24-23(27)25-21-13-17(2)8-10-22(21)28-4/h5-13H,14-15H2,1-4H3,(H2,24,25,27). The highest BCUT2D eigenvalue weighted by Gasteiger charge is 2.09. The molecular formula is C23H27N3O2. The molecule has 146 valence electrons. The Kier molecular flexibility index (Phi) is 6.04. The molecule has 0 atom stereocenters. The van der Waals surface area contributed by atoms with Gasteiger partial charge in [0.05, 0.1) is 19.3 Å². The Labute approximate surface area is 166 Å². The van der Waals surface area contributed by atoms with Gasteiger partial charge in [-0.2, -0.15) is 0 Å². The maximum atomic E-state index is 12.4. The molecule has 2 N–H and O–H groups in total. The third kappa shape index (κ3) is 4.74. The highest BCUT2D eigenvalue weighted by molar-refractivity contribution is 5.91. The van der Waals surface area contributed by atoms with Gasteiger partial charge in [-0.15, -0.1) is 0 Å². The first kappa shape index (κ1) is 19.5. The van der Waals surface area contributed by atoms with Crippen LogP contribution in [0.4, 0.5) is 10.5 Å². The Hall–Kier alpha value is -3.21. The third-order valence-corrected chi connectivity index (χ3v) is 4.80. The smallest absolute Gasteiger partial charge is 0.319 e. The van der Waals surface area contributed by atoms with E-state index in [1.807, 2.05) is 43.5 Å². The molecule has 0 unspecified atom stereocenters. The van der Waals surface area contributed by atoms with Gasteiger partial charge < -0.3 is 19.9 Å². The number of carbonyl (C=O) groups excluding carboxylic acids is 1. The molecule has 3 aromatic rings. The van der Waals surface area contributed by atoms with Gasteiger partial charge in [0.1, 0.15) is 5.75 Å². The van der Waals surface area contributed by atoms with Gasteiger partial charge in [0.15, 0.2) is 0 Å². The number of aromatic nitrogens is 1. The van der Waals surface area contributed by atoms with E-state index in [0.29, 0.717) is 18.0 Å². The largest absolute Gasteiger partial charge is 0.495 e. The SMILES string of the molecule is COc1ccc(C)cc1NC(=O)NCc1cccn1Cc1cc(C)ccc1C. The minimum atomic E-state index is -0.261. The number of amides is 2. The van der Waals surface area contributed by atoms with Gasteiger partial charge in [-0.05, 0) is 61.7 Å². The first-order valence-electron chi connectivity index (χ1n) is 9.36. The Balaban J connectivity index is 1.64. The lowest BCUT2D eigenvalue weighted by molar-refractivity contribution is 0.251. The molecule has 0 bridgehead atoms. The van der Waals surface area contributed by atoms with Crippen LogP contribution >= 0.6 is 0 Å². The topological polar surface area (TPSA) is 55.3 Å². The van der Waals surface area contributed by atoms with E-state index in [0.717, 1.165) is 17.8 Å². The summed E-state index contributed by atoms with van der Waals surface area (Å²) in [5.74, 6) is 0.638. The molecule has 5 heteroatoms. The lowest BCUT2D eigenvalue weighted by Gasteiger charge is -2.14. The molecule has 3 rings (SSSR count). The minimum absolute atomic E-state index is 0.261. The van der Waals surface area contributed by atoms with Crippen molar-refractivity contribution in [2.24, 2.45) is 0 Å². The number of nitrogens with one attached hydrogen (secondary N) is 2. The molecule has 28 heavy (non-hydrogen) atoms. The van der Waals surface area contributed by atoms with Crippen LogP contribution < -0.4 is 15.4 Å². The monoisotopic (exact) mass is 377 g/mol. The molecule has 5 nitrogen and oxygen atoms in total. The number of ether oxygens (including phenoxy) is 1. The van der Waals surface area contributed by atoms with Gasteiger partial charge in [-0.1, -0.05) is 29.8 Å². The lowest BCUT2D eigenvalue weighted by atomic mass is 10.1. The normalized spacial score (nSPS) is 10.6. The predicted molar refractivity (Wildman–Crippen MR) is 113 cm³/mol. The molecule has 1 aromatic heterocycles. The lowest BCUT2D eigenvalue weighted by Crippen LogP contribution is -2.29. The maximum Gasteiger partial charge on any atom is 0.319 e. The molecular weight excluding hydrogens is 350 g/mol. The molecule has 1 heterocycles. The average Bonchev–Trinajstić information content (AvgIpc) is 3.10. The van der Waals surface area contributed by atoms with Gasteiger partial charge in [-0.3, -0.25) is 0 Å². The highest BCUT2D eigenvalue weighted by atomic mass is 16.5. The summed E-state index contributed by atoms with van der Waals surface area (Å²) in [6.45, 7) is 7.43. The fraction of sp³-hybridized carbons (Fsp3) is 0.261. The van der Waals surface area contributed by atoms with E-state index in [2.05, 4.69) is 47.2 Å². The van der Waals surface area contributed by atoms with Crippen molar-refractivity contribution < 1.29 is 9.53 Å². The summed E-state index contributed by atoms with van der Waals surface area (Å²) in [5, 5.41) is 5.80.